The second kappa shape index (κ2) is 7.13. The van der Waals surface area contributed by atoms with Gasteiger partial charge in [-0.1, -0.05) is 12.1 Å². The standard InChI is InChI=1S/C20H18N4O2S/c1-12(25)21-16-6-7-17-18(10-16)24-19(23-17)13-2-4-15(5-3-13)22-20(26)14-8-9-27-11-14/h2-11,19,23-24H,1H3,(H,21,25)(H,22,26). The van der Waals surface area contributed by atoms with Crippen molar-refractivity contribution in [1.29, 1.82) is 0 Å². The summed E-state index contributed by atoms with van der Waals surface area (Å²) in [6.45, 7) is 1.49. The van der Waals surface area contributed by atoms with E-state index in [0.29, 0.717) is 5.56 Å². The fourth-order valence-corrected chi connectivity index (χ4v) is 3.58. The Kier molecular flexibility index (Phi) is 4.52. The summed E-state index contributed by atoms with van der Waals surface area (Å²) in [6.07, 6.45) is -0.0748. The molecule has 0 saturated heterocycles. The lowest BCUT2D eigenvalue weighted by atomic mass is 10.1. The van der Waals surface area contributed by atoms with Crippen LogP contribution in [-0.4, -0.2) is 11.8 Å². The van der Waals surface area contributed by atoms with Gasteiger partial charge in [0.1, 0.15) is 6.17 Å². The normalized spacial score (nSPS) is 14.6. The van der Waals surface area contributed by atoms with Crippen LogP contribution in [0.5, 0.6) is 0 Å². The number of anilines is 4. The van der Waals surface area contributed by atoms with Gasteiger partial charge in [0.15, 0.2) is 0 Å². The molecular formula is C20H18N4O2S. The second-order valence-electron chi connectivity index (χ2n) is 6.25. The molecule has 4 N–H and O–H groups in total. The summed E-state index contributed by atoms with van der Waals surface area (Å²) in [4.78, 5) is 23.3. The average molecular weight is 378 g/mol. The van der Waals surface area contributed by atoms with E-state index >= 15 is 0 Å². The van der Waals surface area contributed by atoms with Gasteiger partial charge in [-0.15, -0.1) is 0 Å². The van der Waals surface area contributed by atoms with Crippen molar-refractivity contribution in [3.63, 3.8) is 0 Å². The van der Waals surface area contributed by atoms with Crippen LogP contribution in [0.1, 0.15) is 29.0 Å². The van der Waals surface area contributed by atoms with Crippen LogP contribution in [-0.2, 0) is 4.79 Å². The van der Waals surface area contributed by atoms with E-state index in [4.69, 9.17) is 0 Å². The van der Waals surface area contributed by atoms with Crippen molar-refractivity contribution >= 4 is 45.9 Å². The summed E-state index contributed by atoms with van der Waals surface area (Å²) in [5.41, 5.74) is 5.11. The minimum Gasteiger partial charge on any atom is -0.360 e. The zero-order valence-corrected chi connectivity index (χ0v) is 15.4. The van der Waals surface area contributed by atoms with E-state index in [1.54, 1.807) is 6.07 Å². The summed E-state index contributed by atoms with van der Waals surface area (Å²) in [7, 11) is 0. The van der Waals surface area contributed by atoms with Crippen molar-refractivity contribution in [3.05, 3.63) is 70.4 Å². The van der Waals surface area contributed by atoms with Crippen LogP contribution in [0.4, 0.5) is 22.7 Å². The maximum absolute atomic E-state index is 12.1. The van der Waals surface area contributed by atoms with Crippen LogP contribution in [0.15, 0.2) is 59.3 Å². The predicted octanol–water partition coefficient (Wildman–Crippen LogP) is 4.50. The second-order valence-corrected chi connectivity index (χ2v) is 7.03. The van der Waals surface area contributed by atoms with Gasteiger partial charge in [0.25, 0.3) is 5.91 Å². The summed E-state index contributed by atoms with van der Waals surface area (Å²) < 4.78 is 0. The van der Waals surface area contributed by atoms with Crippen molar-refractivity contribution in [2.75, 3.05) is 21.3 Å². The molecule has 0 bridgehead atoms. The van der Waals surface area contributed by atoms with E-state index < -0.39 is 0 Å². The highest BCUT2D eigenvalue weighted by Crippen LogP contribution is 2.37. The third kappa shape index (κ3) is 3.78. The Morgan fingerprint density at radius 1 is 0.926 bits per heavy atom. The first-order chi connectivity index (χ1) is 13.1. The lowest BCUT2D eigenvalue weighted by molar-refractivity contribution is -0.114. The molecule has 2 amide bonds. The molecule has 0 fully saturated rings. The highest BCUT2D eigenvalue weighted by Gasteiger charge is 2.21. The van der Waals surface area contributed by atoms with Crippen LogP contribution >= 0.6 is 11.3 Å². The maximum Gasteiger partial charge on any atom is 0.256 e. The molecule has 1 aliphatic rings. The number of hydrogen-bond donors (Lipinski definition) is 4. The SMILES string of the molecule is CC(=O)Nc1ccc2c(c1)NC(c1ccc(NC(=O)c3ccsc3)cc1)N2. The zero-order chi connectivity index (χ0) is 18.8. The molecule has 1 atom stereocenters. The lowest BCUT2D eigenvalue weighted by Crippen LogP contribution is -2.13. The third-order valence-electron chi connectivity index (χ3n) is 4.22. The molecule has 1 unspecified atom stereocenters. The summed E-state index contributed by atoms with van der Waals surface area (Å²) >= 11 is 1.50. The van der Waals surface area contributed by atoms with Crippen molar-refractivity contribution in [2.45, 2.75) is 13.1 Å². The molecule has 3 aromatic rings. The van der Waals surface area contributed by atoms with Crippen LogP contribution < -0.4 is 21.3 Å². The first-order valence-electron chi connectivity index (χ1n) is 8.47. The highest BCUT2D eigenvalue weighted by molar-refractivity contribution is 7.08. The van der Waals surface area contributed by atoms with Crippen LogP contribution in [0.25, 0.3) is 0 Å². The Hall–Kier alpha value is -3.32. The van der Waals surface area contributed by atoms with Gasteiger partial charge in [-0.25, -0.2) is 0 Å². The number of amides is 2. The maximum atomic E-state index is 12.1. The summed E-state index contributed by atoms with van der Waals surface area (Å²) in [6, 6.07) is 15.2. The smallest absolute Gasteiger partial charge is 0.256 e. The Morgan fingerprint density at radius 2 is 1.67 bits per heavy atom. The molecule has 1 aromatic heterocycles. The predicted molar refractivity (Wildman–Crippen MR) is 109 cm³/mol. The fourth-order valence-electron chi connectivity index (χ4n) is 2.94. The van der Waals surface area contributed by atoms with E-state index in [9.17, 15) is 9.59 Å². The summed E-state index contributed by atoms with van der Waals surface area (Å²) in [5.74, 6) is -0.212. The highest BCUT2D eigenvalue weighted by atomic mass is 32.1. The minimum absolute atomic E-state index is 0.0748. The summed E-state index contributed by atoms with van der Waals surface area (Å²) in [5, 5.41) is 16.2. The fraction of sp³-hybridized carbons (Fsp3) is 0.100. The number of fused-ring (bicyclic) bond motifs is 1. The Morgan fingerprint density at radius 3 is 2.37 bits per heavy atom. The molecule has 0 radical (unpaired) electrons. The number of nitrogens with one attached hydrogen (secondary N) is 4. The van der Waals surface area contributed by atoms with Gasteiger partial charge in [0, 0.05) is 23.7 Å². The molecule has 0 aliphatic carbocycles. The molecule has 27 heavy (non-hydrogen) atoms. The van der Waals surface area contributed by atoms with Gasteiger partial charge < -0.3 is 21.3 Å². The van der Waals surface area contributed by atoms with E-state index in [2.05, 4.69) is 21.3 Å². The molecule has 1 aliphatic heterocycles. The van der Waals surface area contributed by atoms with Gasteiger partial charge in [0.05, 0.1) is 16.9 Å². The van der Waals surface area contributed by atoms with Crippen molar-refractivity contribution in [1.82, 2.24) is 0 Å². The number of carbonyl (C=O) groups excluding carboxylic acids is 2. The number of carbonyl (C=O) groups is 2. The molecule has 2 heterocycles. The number of thiophene rings is 1. The van der Waals surface area contributed by atoms with E-state index in [1.807, 2.05) is 53.2 Å². The van der Waals surface area contributed by atoms with Crippen LogP contribution in [0, 0.1) is 0 Å². The molecule has 2 aromatic carbocycles. The molecule has 136 valence electrons. The Bertz CT molecular complexity index is 984. The van der Waals surface area contributed by atoms with Gasteiger partial charge in [0.2, 0.25) is 5.91 Å². The quantitative estimate of drug-likeness (QED) is 0.539. The topological polar surface area (TPSA) is 82.3 Å². The number of rotatable bonds is 4. The first-order valence-corrected chi connectivity index (χ1v) is 9.41. The van der Waals surface area contributed by atoms with Crippen molar-refractivity contribution in [2.24, 2.45) is 0 Å². The van der Waals surface area contributed by atoms with E-state index in [1.165, 1.54) is 18.3 Å². The van der Waals surface area contributed by atoms with Gasteiger partial charge in [-0.3, -0.25) is 9.59 Å². The van der Waals surface area contributed by atoms with Gasteiger partial charge in [-0.2, -0.15) is 11.3 Å². The lowest BCUT2D eigenvalue weighted by Gasteiger charge is -2.13. The first kappa shape index (κ1) is 17.1. The van der Waals surface area contributed by atoms with Gasteiger partial charge >= 0.3 is 0 Å². The molecule has 6 nitrogen and oxygen atoms in total. The Balaban J connectivity index is 1.43. The van der Waals surface area contributed by atoms with Crippen LogP contribution in [0.2, 0.25) is 0 Å². The van der Waals surface area contributed by atoms with Crippen molar-refractivity contribution < 1.29 is 9.59 Å². The van der Waals surface area contributed by atoms with E-state index in [-0.39, 0.29) is 18.0 Å². The number of hydrogen-bond acceptors (Lipinski definition) is 5. The molecule has 7 heteroatoms. The van der Waals surface area contributed by atoms with E-state index in [0.717, 1.165) is 28.3 Å². The molecule has 0 saturated carbocycles. The molecule has 4 rings (SSSR count). The minimum atomic E-state index is -0.112. The van der Waals surface area contributed by atoms with Crippen LogP contribution in [0.3, 0.4) is 0 Å². The average Bonchev–Trinajstić information content (AvgIpc) is 3.31. The van der Waals surface area contributed by atoms with Crippen molar-refractivity contribution in [3.8, 4) is 0 Å². The third-order valence-corrected chi connectivity index (χ3v) is 4.91. The Labute approximate surface area is 160 Å². The number of benzene rings is 2. The monoisotopic (exact) mass is 378 g/mol. The van der Waals surface area contributed by atoms with Gasteiger partial charge in [-0.05, 0) is 47.3 Å². The molecular weight excluding hydrogens is 360 g/mol. The largest absolute Gasteiger partial charge is 0.360 e. The zero-order valence-electron chi connectivity index (χ0n) is 14.6. The molecule has 0 spiro atoms.